The molecule has 2 amide bonds. The fraction of sp³-hybridized carbons (Fsp3) is 0.250. The average molecular weight is 371 g/mol. The van der Waals surface area contributed by atoms with Crippen LogP contribution in [0.3, 0.4) is 0 Å². The van der Waals surface area contributed by atoms with Crippen LogP contribution >= 0.6 is 0 Å². The maximum Gasteiger partial charge on any atom is 0.234 e. The molecule has 2 aromatic carbocycles. The van der Waals surface area contributed by atoms with E-state index < -0.39 is 0 Å². The van der Waals surface area contributed by atoms with E-state index in [9.17, 15) is 14.7 Å². The van der Waals surface area contributed by atoms with Gasteiger partial charge in [0.1, 0.15) is 0 Å². The molecule has 0 spiro atoms. The van der Waals surface area contributed by atoms with Crippen molar-refractivity contribution in [3.63, 3.8) is 0 Å². The Morgan fingerprint density at radius 1 is 0.786 bits per heavy atom. The van der Waals surface area contributed by atoms with Crippen molar-refractivity contribution in [2.75, 3.05) is 13.2 Å². The first-order valence-corrected chi connectivity index (χ1v) is 9.71. The molecule has 0 radical (unpaired) electrons. The van der Waals surface area contributed by atoms with Crippen LogP contribution in [0.4, 0.5) is 0 Å². The minimum absolute atomic E-state index is 0.0643. The lowest BCUT2D eigenvalue weighted by Gasteiger charge is -2.21. The first kappa shape index (κ1) is 17.1. The molecule has 140 valence electrons. The van der Waals surface area contributed by atoms with Crippen molar-refractivity contribution in [3.05, 3.63) is 89.5 Å². The summed E-state index contributed by atoms with van der Waals surface area (Å²) < 4.78 is 0. The van der Waals surface area contributed by atoms with Gasteiger partial charge < -0.3 is 5.11 Å². The van der Waals surface area contributed by atoms with Gasteiger partial charge in [-0.3, -0.25) is 14.5 Å². The normalized spacial score (nSPS) is 27.6. The second kappa shape index (κ2) is 6.57. The van der Waals surface area contributed by atoms with Crippen molar-refractivity contribution < 1.29 is 14.7 Å². The third-order valence-electron chi connectivity index (χ3n) is 6.24. The molecule has 2 aliphatic carbocycles. The molecule has 1 heterocycles. The first-order valence-electron chi connectivity index (χ1n) is 9.71. The van der Waals surface area contributed by atoms with Crippen molar-refractivity contribution in [3.8, 4) is 0 Å². The average Bonchev–Trinajstić information content (AvgIpc) is 3.36. The van der Waals surface area contributed by atoms with Gasteiger partial charge in [0.05, 0.1) is 25.0 Å². The zero-order valence-electron chi connectivity index (χ0n) is 15.4. The molecule has 0 aromatic heterocycles. The van der Waals surface area contributed by atoms with Crippen molar-refractivity contribution in [2.45, 2.75) is 0 Å². The number of nitrogens with zero attached hydrogens (tertiary/aromatic N) is 1. The largest absolute Gasteiger partial charge is 0.395 e. The van der Waals surface area contributed by atoms with E-state index in [0.29, 0.717) is 0 Å². The maximum atomic E-state index is 13.0. The summed E-state index contributed by atoms with van der Waals surface area (Å²) in [5, 5.41) is 9.24. The molecule has 1 saturated heterocycles. The fourth-order valence-corrected chi connectivity index (χ4v) is 5.19. The number of carbonyl (C=O) groups is 2. The van der Waals surface area contributed by atoms with Gasteiger partial charge in [-0.2, -0.15) is 0 Å². The smallest absolute Gasteiger partial charge is 0.234 e. The molecule has 1 N–H and O–H groups in total. The fourth-order valence-electron chi connectivity index (χ4n) is 5.19. The SMILES string of the molecule is O=C1[C@H]2[C@H](C(=O)N1CCO)[C@@H]1C=C[C@@H]2C1=C(c1ccccc1)c1ccccc1. The van der Waals surface area contributed by atoms with Gasteiger partial charge in [-0.15, -0.1) is 0 Å². The highest BCUT2D eigenvalue weighted by atomic mass is 16.3. The number of rotatable bonds is 4. The van der Waals surface area contributed by atoms with Crippen LogP contribution in [0.1, 0.15) is 11.1 Å². The van der Waals surface area contributed by atoms with Crippen molar-refractivity contribution >= 4 is 17.4 Å². The molecule has 2 bridgehead atoms. The van der Waals surface area contributed by atoms with Crippen molar-refractivity contribution in [2.24, 2.45) is 23.7 Å². The molecule has 4 atom stereocenters. The molecule has 2 fully saturated rings. The summed E-state index contributed by atoms with van der Waals surface area (Å²) in [6, 6.07) is 20.4. The maximum absolute atomic E-state index is 13.0. The Morgan fingerprint density at radius 3 is 1.68 bits per heavy atom. The van der Waals surface area contributed by atoms with Gasteiger partial charge in [-0.25, -0.2) is 0 Å². The Balaban J connectivity index is 1.67. The van der Waals surface area contributed by atoms with E-state index in [4.69, 9.17) is 0 Å². The lowest BCUT2D eigenvalue weighted by atomic mass is 9.85. The number of amides is 2. The lowest BCUT2D eigenvalue weighted by molar-refractivity contribution is -0.141. The highest BCUT2D eigenvalue weighted by Gasteiger charge is 2.61. The predicted molar refractivity (Wildman–Crippen MR) is 106 cm³/mol. The van der Waals surface area contributed by atoms with E-state index >= 15 is 0 Å². The van der Waals surface area contributed by atoms with Crippen molar-refractivity contribution in [1.82, 2.24) is 4.90 Å². The number of benzene rings is 2. The van der Waals surface area contributed by atoms with Crippen LogP contribution in [0.25, 0.3) is 5.57 Å². The number of fused-ring (bicyclic) bond motifs is 5. The van der Waals surface area contributed by atoms with Crippen LogP contribution in [-0.2, 0) is 9.59 Å². The number of hydrogen-bond donors (Lipinski definition) is 1. The number of hydrogen-bond acceptors (Lipinski definition) is 3. The van der Waals surface area contributed by atoms with E-state index in [1.807, 2.05) is 36.4 Å². The zero-order chi connectivity index (χ0) is 19.3. The van der Waals surface area contributed by atoms with Gasteiger partial charge in [0.15, 0.2) is 0 Å². The highest BCUT2D eigenvalue weighted by molar-refractivity contribution is 6.08. The molecule has 4 nitrogen and oxygen atoms in total. The lowest BCUT2D eigenvalue weighted by Crippen LogP contribution is -2.35. The van der Waals surface area contributed by atoms with Crippen LogP contribution in [0, 0.1) is 23.7 Å². The molecule has 0 unspecified atom stereocenters. The number of allylic oxidation sites excluding steroid dienone is 3. The number of imide groups is 1. The molecular weight excluding hydrogens is 350 g/mol. The molecular formula is C24H21NO3. The minimum atomic E-state index is -0.341. The van der Waals surface area contributed by atoms with Gasteiger partial charge in [0.25, 0.3) is 0 Å². The molecule has 3 aliphatic rings. The van der Waals surface area contributed by atoms with Gasteiger partial charge in [-0.05, 0) is 22.3 Å². The summed E-state index contributed by atoms with van der Waals surface area (Å²) in [6.45, 7) is -0.102. The van der Waals surface area contributed by atoms with Crippen LogP contribution < -0.4 is 0 Å². The van der Waals surface area contributed by atoms with Gasteiger partial charge in [-0.1, -0.05) is 72.8 Å². The van der Waals surface area contributed by atoms with Crippen LogP contribution in [0.5, 0.6) is 0 Å². The summed E-state index contributed by atoms with van der Waals surface area (Å²) in [4.78, 5) is 27.2. The summed E-state index contributed by atoms with van der Waals surface area (Å²) in [7, 11) is 0. The number of likely N-dealkylation sites (tertiary alicyclic amines) is 1. The number of aliphatic hydroxyl groups is 1. The summed E-state index contributed by atoms with van der Waals surface area (Å²) in [5.74, 6) is -1.09. The summed E-state index contributed by atoms with van der Waals surface area (Å²) >= 11 is 0. The topological polar surface area (TPSA) is 57.6 Å². The number of carbonyl (C=O) groups excluding carboxylic acids is 2. The van der Waals surface area contributed by atoms with E-state index in [2.05, 4.69) is 36.4 Å². The number of aliphatic hydroxyl groups excluding tert-OH is 1. The minimum Gasteiger partial charge on any atom is -0.395 e. The Bertz CT molecular complexity index is 918. The molecule has 4 heteroatoms. The van der Waals surface area contributed by atoms with Crippen LogP contribution in [0.2, 0.25) is 0 Å². The predicted octanol–water partition coefficient (Wildman–Crippen LogP) is 2.90. The first-order chi connectivity index (χ1) is 13.7. The molecule has 1 saturated carbocycles. The van der Waals surface area contributed by atoms with E-state index in [0.717, 1.165) is 16.7 Å². The zero-order valence-corrected chi connectivity index (χ0v) is 15.4. The standard InChI is InChI=1S/C24H21NO3/c26-14-13-25-23(27)21-17-11-12-18(22(21)24(25)28)20(17)19(15-7-3-1-4-8-15)16-9-5-2-6-10-16/h1-12,17-18,21-22,26H,13-14H2/t17-,18-,21-,22-/m1/s1. The second-order valence-electron chi connectivity index (χ2n) is 7.60. The Labute approximate surface area is 163 Å². The van der Waals surface area contributed by atoms with E-state index in [-0.39, 0.29) is 48.6 Å². The van der Waals surface area contributed by atoms with Gasteiger partial charge in [0.2, 0.25) is 11.8 Å². The van der Waals surface area contributed by atoms with Gasteiger partial charge >= 0.3 is 0 Å². The summed E-state index contributed by atoms with van der Waals surface area (Å²) in [6.07, 6.45) is 4.20. The Hall–Kier alpha value is -2.98. The second-order valence-corrected chi connectivity index (χ2v) is 7.60. The van der Waals surface area contributed by atoms with Crippen LogP contribution in [0.15, 0.2) is 78.4 Å². The quantitative estimate of drug-likeness (QED) is 0.664. The molecule has 28 heavy (non-hydrogen) atoms. The van der Waals surface area contributed by atoms with Gasteiger partial charge in [0, 0.05) is 11.8 Å². The Kier molecular flexibility index (Phi) is 4.02. The number of β-amino-alcohol motifs (C(OH)–C–C–N with tert-alkyl or cyclic N) is 1. The van der Waals surface area contributed by atoms with Crippen molar-refractivity contribution in [1.29, 1.82) is 0 Å². The molecule has 2 aromatic rings. The van der Waals surface area contributed by atoms with Crippen LogP contribution in [-0.4, -0.2) is 35.0 Å². The third-order valence-corrected chi connectivity index (χ3v) is 6.24. The van der Waals surface area contributed by atoms with E-state index in [1.165, 1.54) is 10.5 Å². The highest BCUT2D eigenvalue weighted by Crippen LogP contribution is 2.58. The third kappa shape index (κ3) is 2.34. The monoisotopic (exact) mass is 371 g/mol. The summed E-state index contributed by atoms with van der Waals surface area (Å²) in [5.41, 5.74) is 4.52. The Morgan fingerprint density at radius 2 is 1.25 bits per heavy atom. The molecule has 1 aliphatic heterocycles. The van der Waals surface area contributed by atoms with E-state index in [1.54, 1.807) is 0 Å². The molecule has 5 rings (SSSR count).